The zero-order valence-corrected chi connectivity index (χ0v) is 16.5. The molecule has 5 rings (SSSR count). The number of aliphatic hydroxyl groups is 2. The Balaban J connectivity index is 1.28. The van der Waals surface area contributed by atoms with Gasteiger partial charge in [-0.2, -0.15) is 5.10 Å². The molecule has 7 heteroatoms. The van der Waals surface area contributed by atoms with Gasteiger partial charge in [0.25, 0.3) is 5.91 Å². The molecule has 1 aromatic heterocycles. The van der Waals surface area contributed by atoms with E-state index in [1.165, 1.54) is 12.8 Å². The molecule has 28 heavy (non-hydrogen) atoms. The molecule has 0 aromatic carbocycles. The van der Waals surface area contributed by atoms with Gasteiger partial charge in [0.2, 0.25) is 0 Å². The van der Waals surface area contributed by atoms with E-state index in [1.807, 2.05) is 10.9 Å². The largest absolute Gasteiger partial charge is 0.483 e. The number of likely N-dealkylation sites (tertiary alicyclic amines) is 1. The van der Waals surface area contributed by atoms with Crippen molar-refractivity contribution in [1.29, 1.82) is 0 Å². The molecule has 2 aliphatic carbocycles. The maximum absolute atomic E-state index is 12.8. The number of hydrogen-bond acceptors (Lipinski definition) is 5. The van der Waals surface area contributed by atoms with Gasteiger partial charge in [-0.05, 0) is 38.5 Å². The lowest BCUT2D eigenvalue weighted by Gasteiger charge is -2.45. The topological polar surface area (TPSA) is 87.8 Å². The van der Waals surface area contributed by atoms with Crippen molar-refractivity contribution in [3.05, 3.63) is 11.9 Å². The van der Waals surface area contributed by atoms with E-state index in [0.29, 0.717) is 62.7 Å². The van der Waals surface area contributed by atoms with Gasteiger partial charge in [0.05, 0.1) is 12.2 Å². The smallest absolute Gasteiger partial charge is 0.254 e. The fourth-order valence-corrected chi connectivity index (χ4v) is 5.67. The molecule has 0 radical (unpaired) electrons. The Morgan fingerprint density at radius 1 is 1.11 bits per heavy atom. The van der Waals surface area contributed by atoms with Crippen molar-refractivity contribution >= 4 is 5.91 Å². The first-order valence-corrected chi connectivity index (χ1v) is 11.0. The number of nitrogens with zero attached hydrogens (tertiary/aromatic N) is 3. The fourth-order valence-electron chi connectivity index (χ4n) is 5.67. The van der Waals surface area contributed by atoms with Crippen LogP contribution in [0.25, 0.3) is 0 Å². The second-order valence-electron chi connectivity index (χ2n) is 9.33. The molecule has 1 saturated heterocycles. The van der Waals surface area contributed by atoms with Gasteiger partial charge in [-0.25, -0.2) is 0 Å². The molecule has 3 fully saturated rings. The summed E-state index contributed by atoms with van der Waals surface area (Å²) in [6, 6.07) is 0.420. The Morgan fingerprint density at radius 3 is 2.46 bits per heavy atom. The first-order chi connectivity index (χ1) is 13.5. The van der Waals surface area contributed by atoms with Crippen LogP contribution in [0.2, 0.25) is 0 Å². The number of hydrogen-bond donors (Lipinski definition) is 2. The highest BCUT2D eigenvalue weighted by molar-refractivity contribution is 5.85. The molecular formula is C21H31N3O4. The molecule has 2 aliphatic heterocycles. The van der Waals surface area contributed by atoms with E-state index in [2.05, 4.69) is 5.10 Å². The SMILES string of the molecule is O=C(N1CCC2(CC1)CC(O)c1nn(C3CCCC3)cc1O2)C1(O)CCCC1. The Bertz CT molecular complexity index is 741. The third-order valence-electron chi connectivity index (χ3n) is 7.42. The molecule has 1 amide bonds. The molecule has 1 spiro atoms. The lowest BCUT2D eigenvalue weighted by Crippen LogP contribution is -2.56. The summed E-state index contributed by atoms with van der Waals surface area (Å²) < 4.78 is 8.40. The molecule has 154 valence electrons. The lowest BCUT2D eigenvalue weighted by atomic mass is 9.82. The number of rotatable bonds is 2. The zero-order valence-electron chi connectivity index (χ0n) is 16.5. The fraction of sp³-hybridized carbons (Fsp3) is 0.810. The van der Waals surface area contributed by atoms with Crippen molar-refractivity contribution in [2.75, 3.05) is 13.1 Å². The van der Waals surface area contributed by atoms with E-state index in [9.17, 15) is 15.0 Å². The minimum absolute atomic E-state index is 0.119. The van der Waals surface area contributed by atoms with Crippen LogP contribution in [0.4, 0.5) is 0 Å². The van der Waals surface area contributed by atoms with Gasteiger partial charge in [0.15, 0.2) is 5.75 Å². The number of carbonyl (C=O) groups is 1. The quantitative estimate of drug-likeness (QED) is 0.811. The third kappa shape index (κ3) is 3.03. The molecule has 1 atom stereocenters. The van der Waals surface area contributed by atoms with E-state index in [-0.39, 0.29) is 5.91 Å². The number of fused-ring (bicyclic) bond motifs is 1. The number of aliphatic hydroxyl groups excluding tert-OH is 1. The number of carbonyl (C=O) groups excluding carboxylic acids is 1. The van der Waals surface area contributed by atoms with Gasteiger partial charge in [0, 0.05) is 32.4 Å². The van der Waals surface area contributed by atoms with E-state index >= 15 is 0 Å². The van der Waals surface area contributed by atoms with Crippen LogP contribution in [0.5, 0.6) is 5.75 Å². The van der Waals surface area contributed by atoms with Crippen molar-refractivity contribution in [3.63, 3.8) is 0 Å². The highest BCUT2D eigenvalue weighted by Gasteiger charge is 2.48. The summed E-state index contributed by atoms with van der Waals surface area (Å²) in [7, 11) is 0. The Morgan fingerprint density at radius 2 is 1.79 bits per heavy atom. The molecular weight excluding hydrogens is 358 g/mol. The Hall–Kier alpha value is -1.60. The van der Waals surface area contributed by atoms with E-state index in [0.717, 1.165) is 25.7 Å². The van der Waals surface area contributed by atoms with Crippen LogP contribution >= 0.6 is 0 Å². The molecule has 2 saturated carbocycles. The molecule has 4 aliphatic rings. The highest BCUT2D eigenvalue weighted by atomic mass is 16.5. The van der Waals surface area contributed by atoms with Crippen molar-refractivity contribution in [1.82, 2.24) is 14.7 Å². The number of ether oxygens (including phenoxy) is 1. The van der Waals surface area contributed by atoms with Gasteiger partial charge >= 0.3 is 0 Å². The second-order valence-corrected chi connectivity index (χ2v) is 9.33. The van der Waals surface area contributed by atoms with Crippen LogP contribution in [0.15, 0.2) is 6.20 Å². The van der Waals surface area contributed by atoms with Crippen molar-refractivity contribution in [2.45, 2.75) is 94.0 Å². The zero-order chi connectivity index (χ0) is 19.4. The van der Waals surface area contributed by atoms with E-state index < -0.39 is 17.3 Å². The van der Waals surface area contributed by atoms with Crippen LogP contribution in [-0.2, 0) is 4.79 Å². The van der Waals surface area contributed by atoms with Gasteiger partial charge in [-0.3, -0.25) is 9.48 Å². The summed E-state index contributed by atoms with van der Waals surface area (Å²) in [5.41, 5.74) is -0.936. The van der Waals surface area contributed by atoms with Gasteiger partial charge in [-0.15, -0.1) is 0 Å². The lowest BCUT2D eigenvalue weighted by molar-refractivity contribution is -0.155. The number of amides is 1. The van der Waals surface area contributed by atoms with Crippen LogP contribution in [0.3, 0.4) is 0 Å². The third-order valence-corrected chi connectivity index (χ3v) is 7.42. The highest BCUT2D eigenvalue weighted by Crippen LogP contribution is 2.45. The van der Waals surface area contributed by atoms with Crippen molar-refractivity contribution in [3.8, 4) is 5.75 Å². The average Bonchev–Trinajstić information content (AvgIpc) is 3.42. The Labute approximate surface area is 165 Å². The first-order valence-electron chi connectivity index (χ1n) is 11.0. The molecule has 3 heterocycles. The number of piperidine rings is 1. The molecule has 0 bridgehead atoms. The molecule has 2 N–H and O–H groups in total. The molecule has 7 nitrogen and oxygen atoms in total. The van der Waals surface area contributed by atoms with Gasteiger partial charge in [-0.1, -0.05) is 12.8 Å². The second kappa shape index (κ2) is 6.73. The van der Waals surface area contributed by atoms with Crippen molar-refractivity contribution in [2.24, 2.45) is 0 Å². The van der Waals surface area contributed by atoms with Crippen LogP contribution < -0.4 is 4.74 Å². The summed E-state index contributed by atoms with van der Waals surface area (Å²) in [5, 5.41) is 26.0. The summed E-state index contributed by atoms with van der Waals surface area (Å²) in [6.45, 7) is 1.14. The maximum atomic E-state index is 12.8. The summed E-state index contributed by atoms with van der Waals surface area (Å²) in [4.78, 5) is 14.6. The van der Waals surface area contributed by atoms with Crippen LogP contribution in [0.1, 0.15) is 88.5 Å². The average molecular weight is 389 g/mol. The predicted octanol–water partition coefficient (Wildman–Crippen LogP) is 2.48. The van der Waals surface area contributed by atoms with Gasteiger partial charge in [0.1, 0.15) is 23.0 Å². The van der Waals surface area contributed by atoms with E-state index in [4.69, 9.17) is 4.74 Å². The van der Waals surface area contributed by atoms with Crippen LogP contribution in [-0.4, -0.2) is 55.1 Å². The maximum Gasteiger partial charge on any atom is 0.254 e. The molecule has 1 aromatic rings. The Kier molecular flexibility index (Phi) is 4.43. The summed E-state index contributed by atoms with van der Waals surface area (Å²) >= 11 is 0. The van der Waals surface area contributed by atoms with Crippen LogP contribution in [0, 0.1) is 0 Å². The minimum Gasteiger partial charge on any atom is -0.483 e. The summed E-state index contributed by atoms with van der Waals surface area (Å²) in [5.74, 6) is 0.589. The van der Waals surface area contributed by atoms with E-state index in [1.54, 1.807) is 4.90 Å². The minimum atomic E-state index is -1.16. The summed E-state index contributed by atoms with van der Waals surface area (Å²) in [6.07, 6.45) is 11.0. The standard InChI is InChI=1S/C21H31N3O4/c25-16-13-20(28-17-14-24(22-18(16)17)15-5-1-2-6-15)9-11-23(12-10-20)19(26)21(27)7-3-4-8-21/h14-16,25,27H,1-13H2. The van der Waals surface area contributed by atoms with Gasteiger partial charge < -0.3 is 19.8 Å². The monoisotopic (exact) mass is 389 g/mol. The molecule has 1 unspecified atom stereocenters. The predicted molar refractivity (Wildman–Crippen MR) is 102 cm³/mol. The number of aromatic nitrogens is 2. The first kappa shape index (κ1) is 18.4. The normalized spacial score (nSPS) is 29.1. The van der Waals surface area contributed by atoms with Crippen molar-refractivity contribution < 1.29 is 19.7 Å².